The van der Waals surface area contributed by atoms with Gasteiger partial charge in [0, 0.05) is 26.9 Å². The highest BCUT2D eigenvalue weighted by molar-refractivity contribution is 7.12. The van der Waals surface area contributed by atoms with Gasteiger partial charge >= 0.3 is 0 Å². The SMILES string of the molecule is CCc1ccc(C(C)NC(CC)c2cccc(Cl)c2)s1. The fourth-order valence-electron chi connectivity index (χ4n) is 2.37. The molecular weight excluding hydrogens is 286 g/mol. The molecule has 1 aromatic carbocycles. The van der Waals surface area contributed by atoms with Gasteiger partial charge < -0.3 is 5.32 Å². The number of aryl methyl sites for hydroxylation is 1. The standard InChI is InChI=1S/C17H22ClNS/c1-4-15-9-10-17(20-15)12(3)19-16(5-2)13-7-6-8-14(18)11-13/h6-12,16,19H,4-5H2,1-3H3. The van der Waals surface area contributed by atoms with Crippen LogP contribution in [0.1, 0.15) is 54.6 Å². The fourth-order valence-corrected chi connectivity index (χ4v) is 3.54. The maximum Gasteiger partial charge on any atom is 0.0409 e. The third kappa shape index (κ3) is 3.85. The van der Waals surface area contributed by atoms with Crippen LogP contribution < -0.4 is 5.32 Å². The largest absolute Gasteiger partial charge is 0.303 e. The Labute approximate surface area is 131 Å². The molecule has 20 heavy (non-hydrogen) atoms. The molecule has 1 aromatic heterocycles. The third-order valence-corrected chi connectivity index (χ3v) is 5.22. The van der Waals surface area contributed by atoms with Crippen molar-refractivity contribution >= 4 is 22.9 Å². The van der Waals surface area contributed by atoms with E-state index in [0.717, 1.165) is 17.9 Å². The summed E-state index contributed by atoms with van der Waals surface area (Å²) in [5.74, 6) is 0. The number of halogens is 1. The van der Waals surface area contributed by atoms with Crippen molar-refractivity contribution in [3.05, 3.63) is 56.7 Å². The van der Waals surface area contributed by atoms with E-state index in [9.17, 15) is 0 Å². The van der Waals surface area contributed by atoms with Gasteiger partial charge in [-0.1, -0.05) is 37.6 Å². The highest BCUT2D eigenvalue weighted by atomic mass is 35.5. The molecular formula is C17H22ClNS. The molecule has 1 N–H and O–H groups in total. The fraction of sp³-hybridized carbons (Fsp3) is 0.412. The molecule has 2 rings (SSSR count). The van der Waals surface area contributed by atoms with Crippen molar-refractivity contribution in [1.29, 1.82) is 0 Å². The van der Waals surface area contributed by atoms with E-state index in [-0.39, 0.29) is 0 Å². The monoisotopic (exact) mass is 307 g/mol. The highest BCUT2D eigenvalue weighted by Crippen LogP contribution is 2.28. The number of rotatable bonds is 6. The first-order valence-corrected chi connectivity index (χ1v) is 8.43. The minimum absolute atomic E-state index is 0.343. The number of benzene rings is 1. The Morgan fingerprint density at radius 1 is 1.20 bits per heavy atom. The van der Waals surface area contributed by atoms with Crippen LogP contribution in [0, 0.1) is 0 Å². The summed E-state index contributed by atoms with van der Waals surface area (Å²) in [7, 11) is 0. The Balaban J connectivity index is 2.09. The second-order valence-electron chi connectivity index (χ2n) is 5.06. The first-order valence-electron chi connectivity index (χ1n) is 7.24. The lowest BCUT2D eigenvalue weighted by Gasteiger charge is -2.22. The van der Waals surface area contributed by atoms with Gasteiger partial charge in [0.25, 0.3) is 0 Å². The molecule has 3 heteroatoms. The summed E-state index contributed by atoms with van der Waals surface area (Å²) in [6, 6.07) is 13.3. The smallest absolute Gasteiger partial charge is 0.0409 e. The van der Waals surface area contributed by atoms with E-state index in [0.29, 0.717) is 12.1 Å². The van der Waals surface area contributed by atoms with E-state index in [1.54, 1.807) is 0 Å². The molecule has 108 valence electrons. The van der Waals surface area contributed by atoms with Gasteiger partial charge in [-0.3, -0.25) is 0 Å². The summed E-state index contributed by atoms with van der Waals surface area (Å²) in [5, 5.41) is 4.52. The predicted molar refractivity (Wildman–Crippen MR) is 89.7 cm³/mol. The minimum Gasteiger partial charge on any atom is -0.303 e. The molecule has 2 aromatic rings. The van der Waals surface area contributed by atoms with E-state index in [1.807, 2.05) is 23.5 Å². The third-order valence-electron chi connectivity index (χ3n) is 3.57. The van der Waals surface area contributed by atoms with Crippen LogP contribution in [-0.4, -0.2) is 0 Å². The molecule has 2 unspecified atom stereocenters. The van der Waals surface area contributed by atoms with Crippen LogP contribution in [0.15, 0.2) is 36.4 Å². The Bertz CT molecular complexity index is 549. The van der Waals surface area contributed by atoms with Gasteiger partial charge in [-0.2, -0.15) is 0 Å². The molecule has 1 nitrogen and oxygen atoms in total. The van der Waals surface area contributed by atoms with Gasteiger partial charge in [0.15, 0.2) is 0 Å². The lowest BCUT2D eigenvalue weighted by atomic mass is 10.0. The van der Waals surface area contributed by atoms with Crippen molar-refractivity contribution in [2.75, 3.05) is 0 Å². The maximum atomic E-state index is 6.10. The molecule has 0 saturated carbocycles. The van der Waals surface area contributed by atoms with E-state index in [4.69, 9.17) is 11.6 Å². The summed E-state index contributed by atoms with van der Waals surface area (Å²) in [6.45, 7) is 6.64. The van der Waals surface area contributed by atoms with Crippen molar-refractivity contribution in [1.82, 2.24) is 5.32 Å². The Kier molecular flexibility index (Phi) is 5.64. The Morgan fingerprint density at radius 2 is 2.00 bits per heavy atom. The van der Waals surface area contributed by atoms with Crippen molar-refractivity contribution < 1.29 is 0 Å². The molecule has 2 atom stereocenters. The Hall–Kier alpha value is -0.830. The molecule has 0 radical (unpaired) electrons. The van der Waals surface area contributed by atoms with Crippen molar-refractivity contribution in [2.45, 2.75) is 45.7 Å². The second-order valence-corrected chi connectivity index (χ2v) is 6.70. The average molecular weight is 308 g/mol. The van der Waals surface area contributed by atoms with Crippen LogP contribution in [0.25, 0.3) is 0 Å². The lowest BCUT2D eigenvalue weighted by Crippen LogP contribution is -2.23. The van der Waals surface area contributed by atoms with Crippen LogP contribution in [0.3, 0.4) is 0 Å². The quantitative estimate of drug-likeness (QED) is 0.714. The van der Waals surface area contributed by atoms with E-state index >= 15 is 0 Å². The lowest BCUT2D eigenvalue weighted by molar-refractivity contribution is 0.460. The van der Waals surface area contributed by atoms with Crippen molar-refractivity contribution in [3.8, 4) is 0 Å². The predicted octanol–water partition coefficient (Wildman–Crippen LogP) is 5.77. The minimum atomic E-state index is 0.343. The van der Waals surface area contributed by atoms with Gasteiger partial charge in [-0.25, -0.2) is 0 Å². The van der Waals surface area contributed by atoms with Crippen LogP contribution >= 0.6 is 22.9 Å². The molecule has 0 spiro atoms. The molecule has 0 aliphatic carbocycles. The van der Waals surface area contributed by atoms with Gasteiger partial charge in [0.05, 0.1) is 0 Å². The molecule has 0 aliphatic heterocycles. The van der Waals surface area contributed by atoms with Crippen LogP contribution in [0.4, 0.5) is 0 Å². The van der Waals surface area contributed by atoms with Gasteiger partial charge in [-0.15, -0.1) is 11.3 Å². The van der Waals surface area contributed by atoms with Crippen LogP contribution in [0.5, 0.6) is 0 Å². The van der Waals surface area contributed by atoms with Crippen molar-refractivity contribution in [2.24, 2.45) is 0 Å². The normalized spacial score (nSPS) is 14.2. The van der Waals surface area contributed by atoms with Crippen LogP contribution in [-0.2, 0) is 6.42 Å². The average Bonchev–Trinajstić information content (AvgIpc) is 2.93. The first kappa shape index (κ1) is 15.6. The number of hydrogen-bond donors (Lipinski definition) is 1. The van der Waals surface area contributed by atoms with E-state index < -0.39 is 0 Å². The maximum absolute atomic E-state index is 6.10. The molecule has 0 amide bonds. The molecule has 0 bridgehead atoms. The van der Waals surface area contributed by atoms with Crippen molar-refractivity contribution in [3.63, 3.8) is 0 Å². The summed E-state index contributed by atoms with van der Waals surface area (Å²) >= 11 is 8.00. The summed E-state index contributed by atoms with van der Waals surface area (Å²) in [6.07, 6.45) is 2.17. The summed E-state index contributed by atoms with van der Waals surface area (Å²) in [5.41, 5.74) is 1.26. The molecule has 0 fully saturated rings. The number of hydrogen-bond acceptors (Lipinski definition) is 2. The Morgan fingerprint density at radius 3 is 2.60 bits per heavy atom. The van der Waals surface area contributed by atoms with Gasteiger partial charge in [0.1, 0.15) is 0 Å². The van der Waals surface area contributed by atoms with E-state index in [1.165, 1.54) is 15.3 Å². The molecule has 0 saturated heterocycles. The van der Waals surface area contributed by atoms with Crippen LogP contribution in [0.2, 0.25) is 5.02 Å². The zero-order chi connectivity index (χ0) is 14.5. The molecule has 1 heterocycles. The molecule has 0 aliphatic rings. The van der Waals surface area contributed by atoms with E-state index in [2.05, 4.69) is 50.4 Å². The summed E-state index contributed by atoms with van der Waals surface area (Å²) in [4.78, 5) is 2.85. The zero-order valence-electron chi connectivity index (χ0n) is 12.3. The van der Waals surface area contributed by atoms with Gasteiger partial charge in [0.2, 0.25) is 0 Å². The van der Waals surface area contributed by atoms with Gasteiger partial charge in [-0.05, 0) is 49.6 Å². The summed E-state index contributed by atoms with van der Waals surface area (Å²) < 4.78 is 0. The topological polar surface area (TPSA) is 12.0 Å². The zero-order valence-corrected chi connectivity index (χ0v) is 13.9. The number of thiophene rings is 1. The first-order chi connectivity index (χ1) is 9.63. The number of nitrogens with one attached hydrogen (secondary N) is 1. The second kappa shape index (κ2) is 7.26. The highest BCUT2D eigenvalue weighted by Gasteiger charge is 2.15.